The van der Waals surface area contributed by atoms with Crippen molar-refractivity contribution in [3.8, 4) is 11.5 Å². The number of carbonyl (C=O) groups is 2. The van der Waals surface area contributed by atoms with Gasteiger partial charge in [0.2, 0.25) is 12.7 Å². The van der Waals surface area contributed by atoms with Crippen molar-refractivity contribution in [1.82, 2.24) is 5.32 Å². The van der Waals surface area contributed by atoms with Gasteiger partial charge in [0.15, 0.2) is 16.7 Å². The molecule has 2 aliphatic rings. The largest absolute Gasteiger partial charge is 0.454 e. The van der Waals surface area contributed by atoms with E-state index >= 15 is 0 Å². The monoisotopic (exact) mass is 451 g/mol. The van der Waals surface area contributed by atoms with Crippen molar-refractivity contribution in [3.63, 3.8) is 0 Å². The molecule has 2 aliphatic heterocycles. The number of nitrogens with zero attached hydrogens (tertiary/aromatic N) is 2. The molecule has 0 fully saturated rings. The smallest absolute Gasteiger partial charge is 0.283 e. The van der Waals surface area contributed by atoms with Crippen LogP contribution in [0, 0.1) is 12.8 Å². The minimum absolute atomic E-state index is 0.0871. The third-order valence-corrected chi connectivity index (χ3v) is 5.80. The summed E-state index contributed by atoms with van der Waals surface area (Å²) in [5, 5.41) is 3.37. The Bertz CT molecular complexity index is 1090. The van der Waals surface area contributed by atoms with E-state index < -0.39 is 0 Å². The zero-order chi connectivity index (χ0) is 22.7. The number of ether oxygens (including phenoxy) is 2. The minimum atomic E-state index is -0.239. The standard InChI is InChI=1S/C24H25N3O4S/c1-15(2)12-25-22(28)13-32-24-26-19(10-17-6-9-20-21(11-17)31-14-30-20)23(29)27(24)18-7-4-16(3)5-8-18/h4-11,15H,12-14H2,1-3H3,(H,25,28). The summed E-state index contributed by atoms with van der Waals surface area (Å²) in [5.74, 6) is 1.54. The summed E-state index contributed by atoms with van der Waals surface area (Å²) in [6.07, 6.45) is 1.72. The van der Waals surface area contributed by atoms with Crippen molar-refractivity contribution in [2.24, 2.45) is 10.9 Å². The van der Waals surface area contributed by atoms with Gasteiger partial charge in [0.1, 0.15) is 5.70 Å². The topological polar surface area (TPSA) is 80.2 Å². The Labute approximate surface area is 191 Å². The van der Waals surface area contributed by atoms with E-state index in [-0.39, 0.29) is 24.4 Å². The van der Waals surface area contributed by atoms with Gasteiger partial charge in [0.25, 0.3) is 5.91 Å². The fourth-order valence-electron chi connectivity index (χ4n) is 3.17. The molecule has 0 aromatic heterocycles. The van der Waals surface area contributed by atoms with Crippen molar-refractivity contribution >= 4 is 40.5 Å². The van der Waals surface area contributed by atoms with Gasteiger partial charge in [0.05, 0.1) is 11.4 Å². The van der Waals surface area contributed by atoms with Crippen LogP contribution < -0.4 is 19.7 Å². The second-order valence-electron chi connectivity index (χ2n) is 8.00. The van der Waals surface area contributed by atoms with Crippen LogP contribution in [-0.4, -0.2) is 36.1 Å². The van der Waals surface area contributed by atoms with E-state index in [9.17, 15) is 9.59 Å². The number of anilines is 1. The number of rotatable bonds is 6. The molecule has 0 radical (unpaired) electrons. The van der Waals surface area contributed by atoms with E-state index in [1.807, 2.05) is 63.2 Å². The van der Waals surface area contributed by atoms with Crippen molar-refractivity contribution in [3.05, 3.63) is 59.3 Å². The van der Waals surface area contributed by atoms with Crippen LogP contribution in [0.2, 0.25) is 0 Å². The van der Waals surface area contributed by atoms with Gasteiger partial charge in [0, 0.05) is 6.54 Å². The molecule has 0 atom stereocenters. The molecular weight excluding hydrogens is 426 g/mol. The number of aryl methyl sites for hydroxylation is 1. The Morgan fingerprint density at radius 3 is 2.69 bits per heavy atom. The van der Waals surface area contributed by atoms with Crippen LogP contribution in [0.15, 0.2) is 53.2 Å². The highest BCUT2D eigenvalue weighted by Gasteiger charge is 2.32. The van der Waals surface area contributed by atoms with Gasteiger partial charge in [-0.25, -0.2) is 4.99 Å². The van der Waals surface area contributed by atoms with Gasteiger partial charge in [-0.3, -0.25) is 14.5 Å². The van der Waals surface area contributed by atoms with Crippen LogP contribution in [0.4, 0.5) is 5.69 Å². The number of carbonyl (C=O) groups excluding carboxylic acids is 2. The molecule has 0 saturated carbocycles. The van der Waals surface area contributed by atoms with Gasteiger partial charge < -0.3 is 14.8 Å². The molecule has 4 rings (SSSR count). The van der Waals surface area contributed by atoms with Gasteiger partial charge in [-0.15, -0.1) is 0 Å². The highest BCUT2D eigenvalue weighted by Crippen LogP contribution is 2.34. The summed E-state index contributed by atoms with van der Waals surface area (Å²) >= 11 is 1.25. The maximum absolute atomic E-state index is 13.3. The number of benzene rings is 2. The van der Waals surface area contributed by atoms with Crippen molar-refractivity contribution in [1.29, 1.82) is 0 Å². The molecule has 2 aromatic carbocycles. The molecule has 0 bridgehead atoms. The lowest BCUT2D eigenvalue weighted by molar-refractivity contribution is -0.118. The second kappa shape index (κ2) is 9.48. The first kappa shape index (κ1) is 22.0. The molecule has 0 unspecified atom stereocenters. The highest BCUT2D eigenvalue weighted by atomic mass is 32.2. The molecule has 0 saturated heterocycles. The summed E-state index contributed by atoms with van der Waals surface area (Å²) in [6, 6.07) is 13.1. The molecule has 0 spiro atoms. The summed E-state index contributed by atoms with van der Waals surface area (Å²) in [6.45, 7) is 6.87. The Morgan fingerprint density at radius 2 is 1.94 bits per heavy atom. The van der Waals surface area contributed by atoms with Crippen molar-refractivity contribution in [2.75, 3.05) is 24.0 Å². The zero-order valence-corrected chi connectivity index (χ0v) is 19.1. The third-order valence-electron chi connectivity index (χ3n) is 4.86. The number of fused-ring (bicyclic) bond motifs is 1. The van der Waals surface area contributed by atoms with Gasteiger partial charge in [-0.05, 0) is 48.7 Å². The first-order valence-corrected chi connectivity index (χ1v) is 11.4. The van der Waals surface area contributed by atoms with Gasteiger partial charge in [-0.2, -0.15) is 0 Å². The minimum Gasteiger partial charge on any atom is -0.454 e. The van der Waals surface area contributed by atoms with E-state index in [2.05, 4.69) is 10.3 Å². The lowest BCUT2D eigenvalue weighted by atomic mass is 10.1. The Morgan fingerprint density at radius 1 is 1.19 bits per heavy atom. The lowest BCUT2D eigenvalue weighted by Crippen LogP contribution is -2.33. The fraction of sp³-hybridized carbons (Fsp3) is 0.292. The summed E-state index contributed by atoms with van der Waals surface area (Å²) < 4.78 is 10.8. The SMILES string of the molecule is Cc1ccc(N2C(=O)C(=Cc3ccc4c(c3)OCO4)N=C2SCC(=O)NCC(C)C)cc1. The summed E-state index contributed by atoms with van der Waals surface area (Å²) in [5.41, 5.74) is 2.89. The van der Waals surface area contributed by atoms with Crippen LogP contribution in [0.3, 0.4) is 0 Å². The van der Waals surface area contributed by atoms with Crippen molar-refractivity contribution < 1.29 is 19.1 Å². The molecule has 0 aliphatic carbocycles. The third kappa shape index (κ3) is 4.96. The maximum atomic E-state index is 13.3. The van der Waals surface area contributed by atoms with Gasteiger partial charge in [-0.1, -0.05) is 49.4 Å². The van der Waals surface area contributed by atoms with E-state index in [1.54, 1.807) is 11.0 Å². The predicted molar refractivity (Wildman–Crippen MR) is 127 cm³/mol. The molecule has 8 heteroatoms. The van der Waals surface area contributed by atoms with Crippen LogP contribution >= 0.6 is 11.8 Å². The zero-order valence-electron chi connectivity index (χ0n) is 18.3. The number of amidine groups is 1. The normalized spacial score (nSPS) is 16.1. The molecule has 2 heterocycles. The molecule has 2 amide bonds. The number of nitrogens with one attached hydrogen (secondary N) is 1. The molecule has 32 heavy (non-hydrogen) atoms. The van der Waals surface area contributed by atoms with E-state index in [0.717, 1.165) is 11.1 Å². The van der Waals surface area contributed by atoms with Crippen LogP contribution in [-0.2, 0) is 9.59 Å². The molecule has 7 nitrogen and oxygen atoms in total. The average Bonchev–Trinajstić information content (AvgIpc) is 3.35. The number of hydrogen-bond donors (Lipinski definition) is 1. The lowest BCUT2D eigenvalue weighted by Gasteiger charge is -2.18. The first-order valence-electron chi connectivity index (χ1n) is 10.4. The Balaban J connectivity index is 1.59. The van der Waals surface area contributed by atoms with E-state index in [0.29, 0.717) is 40.5 Å². The number of hydrogen-bond acceptors (Lipinski definition) is 6. The molecule has 2 aromatic rings. The Hall–Kier alpha value is -3.26. The van der Waals surface area contributed by atoms with Crippen LogP contribution in [0.1, 0.15) is 25.0 Å². The number of amides is 2. The predicted octanol–water partition coefficient (Wildman–Crippen LogP) is 3.97. The first-order chi connectivity index (χ1) is 15.4. The van der Waals surface area contributed by atoms with Crippen LogP contribution in [0.25, 0.3) is 6.08 Å². The van der Waals surface area contributed by atoms with Crippen LogP contribution in [0.5, 0.6) is 11.5 Å². The Kier molecular flexibility index (Phi) is 6.50. The number of thioether (sulfide) groups is 1. The average molecular weight is 452 g/mol. The molecular formula is C24H25N3O4S. The summed E-state index contributed by atoms with van der Waals surface area (Å²) in [4.78, 5) is 31.6. The second-order valence-corrected chi connectivity index (χ2v) is 8.94. The quantitative estimate of drug-likeness (QED) is 0.672. The maximum Gasteiger partial charge on any atom is 0.283 e. The highest BCUT2D eigenvalue weighted by molar-refractivity contribution is 8.14. The van der Waals surface area contributed by atoms with Crippen molar-refractivity contribution in [2.45, 2.75) is 20.8 Å². The molecule has 1 N–H and O–H groups in total. The van der Waals surface area contributed by atoms with Gasteiger partial charge >= 0.3 is 0 Å². The molecule has 166 valence electrons. The van der Waals surface area contributed by atoms with E-state index in [1.165, 1.54) is 11.8 Å². The fourth-order valence-corrected chi connectivity index (χ4v) is 4.02. The summed E-state index contributed by atoms with van der Waals surface area (Å²) in [7, 11) is 0. The number of aliphatic imine (C=N–C) groups is 1. The van der Waals surface area contributed by atoms with E-state index in [4.69, 9.17) is 9.47 Å².